The number of alkyl carbamates (subject to hydrolysis) is 2. The Labute approximate surface area is 359 Å². The Balaban J connectivity index is 0.867. The van der Waals surface area contributed by atoms with E-state index in [4.69, 9.17) is 24.2 Å². The maximum absolute atomic E-state index is 14.3. The van der Waals surface area contributed by atoms with E-state index in [9.17, 15) is 19.2 Å². The highest BCUT2D eigenvalue weighted by Crippen LogP contribution is 2.54. The zero-order valence-electron chi connectivity index (χ0n) is 35.6. The Kier molecular flexibility index (Phi) is 10.4. The lowest BCUT2D eigenvalue weighted by atomic mass is 9.90. The van der Waals surface area contributed by atoms with Gasteiger partial charge in [-0.25, -0.2) is 19.6 Å². The van der Waals surface area contributed by atoms with E-state index in [0.717, 1.165) is 87.9 Å². The second-order valence-electron chi connectivity index (χ2n) is 18.2. The van der Waals surface area contributed by atoms with Crippen molar-refractivity contribution >= 4 is 45.8 Å². The van der Waals surface area contributed by atoms with Crippen LogP contribution in [0.1, 0.15) is 82.5 Å². The van der Waals surface area contributed by atoms with E-state index in [0.29, 0.717) is 37.9 Å². The molecular weight excluding hydrogens is 789 g/mol. The van der Waals surface area contributed by atoms with E-state index in [2.05, 4.69) is 75.2 Å². The first kappa shape index (κ1) is 40.1. The molecule has 10 rings (SSSR count). The van der Waals surface area contributed by atoms with Crippen LogP contribution < -0.4 is 10.6 Å². The van der Waals surface area contributed by atoms with Crippen molar-refractivity contribution in [3.05, 3.63) is 72.4 Å². The van der Waals surface area contributed by atoms with Gasteiger partial charge in [-0.3, -0.25) is 9.59 Å². The van der Waals surface area contributed by atoms with Crippen molar-refractivity contribution in [1.82, 2.24) is 40.4 Å². The van der Waals surface area contributed by atoms with Crippen LogP contribution in [-0.4, -0.2) is 105 Å². The zero-order chi connectivity index (χ0) is 42.8. The predicted molar refractivity (Wildman–Crippen MR) is 230 cm³/mol. The molecule has 2 saturated carbocycles. The van der Waals surface area contributed by atoms with Crippen LogP contribution in [0.25, 0.3) is 44.2 Å². The number of fused-ring (bicyclic) bond motifs is 6. The molecule has 5 aromatic rings. The van der Waals surface area contributed by atoms with Crippen molar-refractivity contribution in [3.63, 3.8) is 0 Å². The van der Waals surface area contributed by atoms with E-state index in [1.165, 1.54) is 14.2 Å². The third-order valence-corrected chi connectivity index (χ3v) is 14.3. The summed E-state index contributed by atoms with van der Waals surface area (Å²) in [7, 11) is 2.63. The second kappa shape index (κ2) is 16.1. The van der Waals surface area contributed by atoms with Crippen molar-refractivity contribution in [2.75, 3.05) is 27.4 Å². The Hall–Kier alpha value is -5.96. The van der Waals surface area contributed by atoms with Gasteiger partial charge < -0.3 is 44.6 Å². The summed E-state index contributed by atoms with van der Waals surface area (Å²) >= 11 is 0. The largest absolute Gasteiger partial charge is 0.453 e. The lowest BCUT2D eigenvalue weighted by Crippen LogP contribution is -2.54. The molecule has 4 amide bonds. The topological polar surface area (TPSA) is 184 Å². The summed E-state index contributed by atoms with van der Waals surface area (Å²) in [4.78, 5) is 73.9. The van der Waals surface area contributed by atoms with Crippen LogP contribution in [0.5, 0.6) is 0 Å². The molecule has 3 aromatic carbocycles. The minimum absolute atomic E-state index is 0.0262. The number of likely N-dealkylation sites (tertiary alicyclic amines) is 2. The number of amides is 4. The number of carbonyl (C=O) groups is 4. The summed E-state index contributed by atoms with van der Waals surface area (Å²) in [6, 6.07) is 17.5. The van der Waals surface area contributed by atoms with Crippen molar-refractivity contribution in [2.24, 2.45) is 23.7 Å². The monoisotopic (exact) mass is 842 g/mol. The third kappa shape index (κ3) is 7.13. The normalized spacial score (nSPS) is 25.2. The molecule has 2 aromatic heterocycles. The van der Waals surface area contributed by atoms with Crippen molar-refractivity contribution in [3.8, 4) is 22.4 Å². The number of nitrogens with one attached hydrogen (secondary N) is 4. The first-order valence-electron chi connectivity index (χ1n) is 22.1. The molecule has 3 aliphatic heterocycles. The lowest BCUT2D eigenvalue weighted by Gasteiger charge is -2.37. The van der Waals surface area contributed by atoms with Crippen LogP contribution in [0.4, 0.5) is 9.59 Å². The van der Waals surface area contributed by atoms with Gasteiger partial charge in [0, 0.05) is 30.7 Å². The number of ether oxygens (including phenoxy) is 3. The number of aromatic nitrogens is 4. The average Bonchev–Trinajstić information content (AvgIpc) is 3.92. The Morgan fingerprint density at radius 2 is 1.52 bits per heavy atom. The molecular formula is C47H54N8O7. The summed E-state index contributed by atoms with van der Waals surface area (Å²) in [6.07, 6.45) is 6.76. The molecule has 15 heteroatoms. The van der Waals surface area contributed by atoms with Crippen LogP contribution in [0, 0.1) is 23.7 Å². The summed E-state index contributed by atoms with van der Waals surface area (Å²) in [5.41, 5.74) is 5.80. The first-order chi connectivity index (χ1) is 30.1. The van der Waals surface area contributed by atoms with Gasteiger partial charge >= 0.3 is 12.2 Å². The highest BCUT2D eigenvalue weighted by Gasteiger charge is 2.57. The quantitative estimate of drug-likeness (QED) is 0.115. The molecule has 0 spiro atoms. The smallest absolute Gasteiger partial charge is 0.407 e. The van der Waals surface area contributed by atoms with E-state index >= 15 is 0 Å². The first-order valence-corrected chi connectivity index (χ1v) is 22.1. The number of carbonyl (C=O) groups excluding carboxylic acids is 4. The average molecular weight is 843 g/mol. The molecule has 2 bridgehead atoms. The van der Waals surface area contributed by atoms with Gasteiger partial charge in [0.15, 0.2) is 0 Å². The number of H-pyrrole nitrogens is 2. The number of methoxy groups -OCH3 is 2. The number of rotatable bonds is 10. The Bertz CT molecular complexity index is 2530. The van der Waals surface area contributed by atoms with E-state index < -0.39 is 24.3 Å². The summed E-state index contributed by atoms with van der Waals surface area (Å²) in [5.74, 6) is 1.98. The van der Waals surface area contributed by atoms with Gasteiger partial charge in [-0.15, -0.1) is 0 Å². The van der Waals surface area contributed by atoms with Gasteiger partial charge in [0.1, 0.15) is 23.7 Å². The molecule has 8 atom stereocenters. The molecule has 5 fully saturated rings. The number of imidazole rings is 2. The molecule has 5 heterocycles. The highest BCUT2D eigenvalue weighted by molar-refractivity contribution is 6.05. The van der Waals surface area contributed by atoms with Crippen LogP contribution in [0.2, 0.25) is 0 Å². The minimum Gasteiger partial charge on any atom is -0.453 e. The number of nitrogens with zero attached hydrogens (tertiary/aromatic N) is 4. The maximum atomic E-state index is 14.3. The number of aromatic amines is 2. The molecule has 0 radical (unpaired) electrons. The fraction of sp³-hybridized carbons (Fsp3) is 0.489. The number of benzene rings is 3. The fourth-order valence-electron chi connectivity index (χ4n) is 10.9. The van der Waals surface area contributed by atoms with Crippen molar-refractivity contribution in [1.29, 1.82) is 0 Å². The second-order valence-corrected chi connectivity index (χ2v) is 18.2. The van der Waals surface area contributed by atoms with Crippen LogP contribution in [0.3, 0.4) is 0 Å². The van der Waals surface area contributed by atoms with Crippen molar-refractivity contribution < 1.29 is 33.4 Å². The van der Waals surface area contributed by atoms with Crippen LogP contribution in [0.15, 0.2) is 60.8 Å². The Morgan fingerprint density at radius 3 is 2.27 bits per heavy atom. The standard InChI is InChI=1S/C47H54N8O7/c1-24(2)38(52-46(58)60-3)44(56)54-32-12-9-30(20-32)41(54)43-48-23-35(50-43)26-7-5-25(6-8-26)28-10-13-33-29(19-28)11-14-34-40(33)51-42(49-34)37-22-31-21-36(31)55(37)45(57)39(53-47(59)61-4)27-15-17-62-18-16-27/h5-8,10-11,13-14,19,23-24,27,30-32,36-39,41H,9,12,15-18,20-22H2,1-4H3,(H,48,50)(H,49,51)(H,52,58)(H,53,59)/t30-,31+,32+,36+,37-,38-,39-,41-/m0/s1. The zero-order valence-corrected chi connectivity index (χ0v) is 35.6. The molecule has 5 aliphatic rings. The van der Waals surface area contributed by atoms with Crippen molar-refractivity contribution in [2.45, 2.75) is 95.0 Å². The SMILES string of the molecule is COC(=O)N[C@H](C(=O)N1[C@@H]2CC[C@@H](C2)[C@H]1c1ncc(-c2ccc(-c3ccc4c(ccc5[nH]c([C@@H]6C[C@H]7C[C@H]7N6C(=O)[C@@H](NC(=O)OC)C6CCOCC6)nc54)c3)cc2)[nH]1)C(C)C. The highest BCUT2D eigenvalue weighted by atomic mass is 16.5. The summed E-state index contributed by atoms with van der Waals surface area (Å²) in [6.45, 7) is 4.99. The molecule has 3 saturated heterocycles. The summed E-state index contributed by atoms with van der Waals surface area (Å²) in [5, 5.41) is 7.72. The molecule has 15 nitrogen and oxygen atoms in total. The number of hydrogen-bond acceptors (Lipinski definition) is 9. The fourth-order valence-corrected chi connectivity index (χ4v) is 10.9. The summed E-state index contributed by atoms with van der Waals surface area (Å²) < 4.78 is 15.3. The van der Waals surface area contributed by atoms with Gasteiger partial charge in [-0.05, 0) is 103 Å². The third-order valence-electron chi connectivity index (χ3n) is 14.3. The molecule has 4 N–H and O–H groups in total. The van der Waals surface area contributed by atoms with Gasteiger partial charge in [-0.1, -0.05) is 56.3 Å². The van der Waals surface area contributed by atoms with Gasteiger partial charge in [0.25, 0.3) is 0 Å². The number of piperidine rings is 2. The van der Waals surface area contributed by atoms with Gasteiger partial charge in [0.2, 0.25) is 11.8 Å². The maximum Gasteiger partial charge on any atom is 0.407 e. The van der Waals surface area contributed by atoms with Gasteiger partial charge in [-0.2, -0.15) is 0 Å². The minimum atomic E-state index is -0.686. The molecule has 2 aliphatic carbocycles. The van der Waals surface area contributed by atoms with E-state index in [-0.39, 0.29) is 47.8 Å². The van der Waals surface area contributed by atoms with E-state index in [1.807, 2.05) is 29.8 Å². The molecule has 324 valence electrons. The predicted octanol–water partition coefficient (Wildman–Crippen LogP) is 7.02. The molecule has 62 heavy (non-hydrogen) atoms. The van der Waals surface area contributed by atoms with Crippen LogP contribution >= 0.6 is 0 Å². The van der Waals surface area contributed by atoms with E-state index in [1.54, 1.807) is 0 Å². The Morgan fingerprint density at radius 1 is 0.774 bits per heavy atom. The molecule has 0 unspecified atom stereocenters. The van der Waals surface area contributed by atoms with Gasteiger partial charge in [0.05, 0.1) is 49.2 Å². The van der Waals surface area contributed by atoms with Crippen LogP contribution in [-0.2, 0) is 23.8 Å². The number of hydrogen-bond donors (Lipinski definition) is 4. The lowest BCUT2D eigenvalue weighted by molar-refractivity contribution is -0.139.